The molecular formula is C14H23N5O. The lowest BCUT2D eigenvalue weighted by molar-refractivity contribution is 0.410. The molecule has 0 unspecified atom stereocenters. The number of ether oxygens (including phenoxy) is 1. The van der Waals surface area contributed by atoms with Crippen molar-refractivity contribution in [2.24, 2.45) is 0 Å². The Kier molecular flexibility index (Phi) is 6.57. The van der Waals surface area contributed by atoms with Gasteiger partial charge in [-0.1, -0.05) is 6.92 Å². The fourth-order valence-electron chi connectivity index (χ4n) is 1.91. The van der Waals surface area contributed by atoms with Crippen molar-refractivity contribution in [2.75, 3.05) is 30.4 Å². The minimum atomic E-state index is 0.228. The molecule has 6 heteroatoms. The van der Waals surface area contributed by atoms with Crippen LogP contribution in [0.5, 0.6) is 5.75 Å². The molecule has 0 aliphatic carbocycles. The summed E-state index contributed by atoms with van der Waals surface area (Å²) in [6.45, 7) is 7.67. The number of hydrogen-bond acceptors (Lipinski definition) is 6. The first-order valence-electron chi connectivity index (χ1n) is 6.92. The lowest BCUT2D eigenvalue weighted by Gasteiger charge is -2.28. The van der Waals surface area contributed by atoms with Crippen molar-refractivity contribution in [1.29, 1.82) is 5.26 Å². The molecule has 6 nitrogen and oxygen atoms in total. The molecule has 1 aromatic heterocycles. The van der Waals surface area contributed by atoms with Crippen molar-refractivity contribution in [2.45, 2.75) is 39.7 Å². The number of anilines is 2. The summed E-state index contributed by atoms with van der Waals surface area (Å²) in [6, 6.07) is 2.40. The van der Waals surface area contributed by atoms with E-state index in [0.717, 1.165) is 18.8 Å². The van der Waals surface area contributed by atoms with Crippen LogP contribution in [-0.2, 0) is 0 Å². The second-order valence-electron chi connectivity index (χ2n) is 4.70. The van der Waals surface area contributed by atoms with E-state index in [4.69, 9.17) is 10.00 Å². The van der Waals surface area contributed by atoms with Gasteiger partial charge in [0.05, 0.1) is 19.6 Å². The van der Waals surface area contributed by atoms with Crippen LogP contribution in [0, 0.1) is 11.3 Å². The van der Waals surface area contributed by atoms with Gasteiger partial charge < -0.3 is 15.0 Å². The fourth-order valence-corrected chi connectivity index (χ4v) is 1.91. The van der Waals surface area contributed by atoms with Gasteiger partial charge in [-0.2, -0.15) is 5.26 Å². The Bertz CT molecular complexity index is 455. The summed E-state index contributed by atoms with van der Waals surface area (Å²) >= 11 is 0. The van der Waals surface area contributed by atoms with Crippen LogP contribution in [0.1, 0.15) is 33.6 Å². The Morgan fingerprint density at radius 3 is 2.75 bits per heavy atom. The average molecular weight is 277 g/mol. The first-order chi connectivity index (χ1) is 9.65. The number of hydrogen-bond donors (Lipinski definition) is 1. The van der Waals surface area contributed by atoms with E-state index in [1.54, 1.807) is 7.11 Å². The van der Waals surface area contributed by atoms with Crippen LogP contribution in [0.3, 0.4) is 0 Å². The number of methoxy groups -OCH3 is 1. The molecule has 1 N–H and O–H groups in total. The lowest BCUT2D eigenvalue weighted by atomic mass is 10.2. The molecule has 1 aromatic rings. The summed E-state index contributed by atoms with van der Waals surface area (Å²) < 4.78 is 5.47. The Morgan fingerprint density at radius 1 is 1.45 bits per heavy atom. The maximum Gasteiger partial charge on any atom is 0.204 e. The van der Waals surface area contributed by atoms with Crippen LogP contribution in [0.4, 0.5) is 11.6 Å². The first kappa shape index (κ1) is 16.0. The minimum Gasteiger partial charge on any atom is -0.490 e. The van der Waals surface area contributed by atoms with Crippen LogP contribution in [-0.4, -0.2) is 36.2 Å². The van der Waals surface area contributed by atoms with Gasteiger partial charge >= 0.3 is 0 Å². The highest BCUT2D eigenvalue weighted by Crippen LogP contribution is 2.32. The summed E-state index contributed by atoms with van der Waals surface area (Å²) in [5.74, 6) is 2.06. The number of nitriles is 1. The van der Waals surface area contributed by atoms with Gasteiger partial charge in [0.1, 0.15) is 6.33 Å². The van der Waals surface area contributed by atoms with Crippen molar-refractivity contribution in [3.63, 3.8) is 0 Å². The van der Waals surface area contributed by atoms with E-state index in [1.165, 1.54) is 6.33 Å². The molecule has 0 aliphatic rings. The number of nitrogens with zero attached hydrogens (tertiary/aromatic N) is 4. The molecule has 0 saturated heterocycles. The van der Waals surface area contributed by atoms with Gasteiger partial charge in [-0.3, -0.25) is 0 Å². The van der Waals surface area contributed by atoms with E-state index in [2.05, 4.69) is 47.0 Å². The molecule has 1 heterocycles. The van der Waals surface area contributed by atoms with Gasteiger partial charge in [0, 0.05) is 19.1 Å². The minimum absolute atomic E-state index is 0.228. The zero-order chi connectivity index (χ0) is 15.0. The fraction of sp³-hybridized carbons (Fsp3) is 0.643. The molecule has 0 saturated carbocycles. The highest BCUT2D eigenvalue weighted by molar-refractivity contribution is 5.65. The lowest BCUT2D eigenvalue weighted by Crippen LogP contribution is -2.33. The Balaban J connectivity index is 3.10. The summed E-state index contributed by atoms with van der Waals surface area (Å²) in [5, 5.41) is 12.0. The topological polar surface area (TPSA) is 74.1 Å². The summed E-state index contributed by atoms with van der Waals surface area (Å²) in [6.07, 6.45) is 2.98. The van der Waals surface area contributed by atoms with Gasteiger partial charge in [0.25, 0.3) is 0 Å². The molecule has 0 aliphatic heterocycles. The molecule has 110 valence electrons. The van der Waals surface area contributed by atoms with Gasteiger partial charge in [0.15, 0.2) is 11.6 Å². The van der Waals surface area contributed by atoms with E-state index < -0.39 is 0 Å². The van der Waals surface area contributed by atoms with Gasteiger partial charge in [0.2, 0.25) is 5.75 Å². The number of nitrogens with one attached hydrogen (secondary N) is 1. The van der Waals surface area contributed by atoms with E-state index in [9.17, 15) is 0 Å². The number of aromatic nitrogens is 2. The van der Waals surface area contributed by atoms with Crippen molar-refractivity contribution in [1.82, 2.24) is 9.97 Å². The van der Waals surface area contributed by atoms with Gasteiger partial charge in [-0.05, 0) is 20.3 Å². The second-order valence-corrected chi connectivity index (χ2v) is 4.70. The molecule has 0 atom stereocenters. The standard InChI is InChI=1S/C14H23N5O/c1-5-8-16-13-12(20-4)14(18-10-17-13)19(11(2)3)9-6-7-15/h10-11H,5-6,8-9H2,1-4H3,(H,16,17,18). The van der Waals surface area contributed by atoms with Crippen molar-refractivity contribution in [3.8, 4) is 11.8 Å². The summed E-state index contributed by atoms with van der Waals surface area (Å²) in [5.41, 5.74) is 0. The van der Waals surface area contributed by atoms with Crippen LogP contribution < -0.4 is 15.0 Å². The number of rotatable bonds is 8. The summed E-state index contributed by atoms with van der Waals surface area (Å²) in [7, 11) is 1.61. The predicted octanol–water partition coefficient (Wildman–Crippen LogP) is 2.44. The molecule has 20 heavy (non-hydrogen) atoms. The van der Waals surface area contributed by atoms with Crippen LogP contribution in [0.2, 0.25) is 0 Å². The molecule has 1 rings (SSSR count). The molecule has 0 bridgehead atoms. The Hall–Kier alpha value is -2.03. The molecule has 0 spiro atoms. The third-order valence-electron chi connectivity index (χ3n) is 2.89. The first-order valence-corrected chi connectivity index (χ1v) is 6.92. The molecule has 0 aromatic carbocycles. The van der Waals surface area contributed by atoms with E-state index in [1.807, 2.05) is 0 Å². The van der Waals surface area contributed by atoms with Crippen LogP contribution in [0.25, 0.3) is 0 Å². The average Bonchev–Trinajstić information content (AvgIpc) is 2.45. The molecular weight excluding hydrogens is 254 g/mol. The molecule has 0 fully saturated rings. The Labute approximate surface area is 120 Å². The highest BCUT2D eigenvalue weighted by atomic mass is 16.5. The normalized spacial score (nSPS) is 10.2. The van der Waals surface area contributed by atoms with Gasteiger partial charge in [-0.25, -0.2) is 9.97 Å². The van der Waals surface area contributed by atoms with E-state index >= 15 is 0 Å². The summed E-state index contributed by atoms with van der Waals surface area (Å²) in [4.78, 5) is 10.6. The van der Waals surface area contributed by atoms with Crippen LogP contribution >= 0.6 is 0 Å². The van der Waals surface area contributed by atoms with Crippen molar-refractivity contribution >= 4 is 11.6 Å². The zero-order valence-corrected chi connectivity index (χ0v) is 12.7. The highest BCUT2D eigenvalue weighted by Gasteiger charge is 2.20. The third-order valence-corrected chi connectivity index (χ3v) is 2.89. The predicted molar refractivity (Wildman–Crippen MR) is 80.1 cm³/mol. The van der Waals surface area contributed by atoms with Crippen molar-refractivity contribution < 1.29 is 4.74 Å². The van der Waals surface area contributed by atoms with Crippen molar-refractivity contribution in [3.05, 3.63) is 6.33 Å². The second kappa shape index (κ2) is 8.20. The zero-order valence-electron chi connectivity index (χ0n) is 12.7. The van der Waals surface area contributed by atoms with E-state index in [-0.39, 0.29) is 6.04 Å². The SMILES string of the molecule is CCCNc1ncnc(N(CCC#N)C(C)C)c1OC. The van der Waals surface area contributed by atoms with E-state index in [0.29, 0.717) is 24.5 Å². The van der Waals surface area contributed by atoms with Crippen LogP contribution in [0.15, 0.2) is 6.33 Å². The largest absolute Gasteiger partial charge is 0.490 e. The maximum absolute atomic E-state index is 8.79. The monoisotopic (exact) mass is 277 g/mol. The molecule has 0 amide bonds. The maximum atomic E-state index is 8.79. The Morgan fingerprint density at radius 2 is 2.20 bits per heavy atom. The smallest absolute Gasteiger partial charge is 0.204 e. The molecule has 0 radical (unpaired) electrons. The third kappa shape index (κ3) is 3.98. The van der Waals surface area contributed by atoms with Gasteiger partial charge in [-0.15, -0.1) is 0 Å². The quantitative estimate of drug-likeness (QED) is 0.786.